The van der Waals surface area contributed by atoms with E-state index in [0.29, 0.717) is 12.1 Å². The first-order chi connectivity index (χ1) is 11.7. The minimum absolute atomic E-state index is 0.0771. The zero-order valence-electron chi connectivity index (χ0n) is 14.5. The third kappa shape index (κ3) is 5.52. The molecule has 1 N–H and O–H groups in total. The van der Waals surface area contributed by atoms with Crippen LogP contribution in [-0.4, -0.2) is 12.5 Å². The van der Waals surface area contributed by atoms with Crippen molar-refractivity contribution in [1.82, 2.24) is 5.32 Å². The van der Waals surface area contributed by atoms with E-state index in [-0.39, 0.29) is 11.5 Å². The molecule has 4 nitrogen and oxygen atoms in total. The Hall–Kier alpha value is -2.10. The molecule has 2 rings (SSSR count). The van der Waals surface area contributed by atoms with Gasteiger partial charge in [0.1, 0.15) is 11.1 Å². The standard InChI is InChI=1S/C20H27NO3/c1-2-3-4-5-6-7-8-11-14-21-19(22)17-15-16-12-9-10-13-18(16)24-20(17)23/h9-10,12-13,15H,2-8,11,14H2,1H3,(H,21,22). The van der Waals surface area contributed by atoms with E-state index in [2.05, 4.69) is 12.2 Å². The molecule has 0 aliphatic carbocycles. The summed E-state index contributed by atoms with van der Waals surface area (Å²) in [5.74, 6) is -0.350. The molecule has 0 radical (unpaired) electrons. The van der Waals surface area contributed by atoms with Crippen molar-refractivity contribution in [3.05, 3.63) is 46.3 Å². The Balaban J connectivity index is 1.73. The number of benzene rings is 1. The second kappa shape index (κ2) is 9.91. The van der Waals surface area contributed by atoms with Gasteiger partial charge in [0.15, 0.2) is 0 Å². The summed E-state index contributed by atoms with van der Waals surface area (Å²) < 4.78 is 5.19. The highest BCUT2D eigenvalue weighted by atomic mass is 16.4. The van der Waals surface area contributed by atoms with Crippen LogP contribution in [0.2, 0.25) is 0 Å². The fourth-order valence-corrected chi connectivity index (χ4v) is 2.78. The van der Waals surface area contributed by atoms with E-state index in [1.807, 2.05) is 12.1 Å². The molecule has 0 atom stereocenters. The van der Waals surface area contributed by atoms with E-state index in [0.717, 1.165) is 18.2 Å². The van der Waals surface area contributed by atoms with Gasteiger partial charge in [0.25, 0.3) is 5.91 Å². The van der Waals surface area contributed by atoms with Crippen LogP contribution < -0.4 is 10.9 Å². The predicted octanol–water partition coefficient (Wildman–Crippen LogP) is 4.66. The first kappa shape index (κ1) is 18.2. The summed E-state index contributed by atoms with van der Waals surface area (Å²) in [6.45, 7) is 2.82. The van der Waals surface area contributed by atoms with Crippen molar-refractivity contribution < 1.29 is 9.21 Å². The van der Waals surface area contributed by atoms with E-state index < -0.39 is 5.63 Å². The molecule has 0 fully saturated rings. The van der Waals surface area contributed by atoms with Crippen LogP contribution in [0.1, 0.15) is 68.6 Å². The molecule has 0 saturated heterocycles. The summed E-state index contributed by atoms with van der Waals surface area (Å²) in [7, 11) is 0. The van der Waals surface area contributed by atoms with Crippen molar-refractivity contribution in [2.75, 3.05) is 6.54 Å². The number of amides is 1. The molecule has 1 heterocycles. The van der Waals surface area contributed by atoms with Crippen molar-refractivity contribution in [3.8, 4) is 0 Å². The number of fused-ring (bicyclic) bond motifs is 1. The summed E-state index contributed by atoms with van der Waals surface area (Å²) in [6, 6.07) is 8.80. The van der Waals surface area contributed by atoms with Crippen LogP contribution in [0, 0.1) is 0 Å². The van der Waals surface area contributed by atoms with E-state index in [4.69, 9.17) is 4.42 Å². The van der Waals surface area contributed by atoms with Crippen molar-refractivity contribution >= 4 is 16.9 Å². The first-order valence-corrected chi connectivity index (χ1v) is 9.03. The Kier molecular flexibility index (Phi) is 7.53. The molecule has 0 bridgehead atoms. The minimum atomic E-state index is -0.581. The normalized spacial score (nSPS) is 10.9. The Morgan fingerprint density at radius 3 is 2.42 bits per heavy atom. The molecule has 0 saturated carbocycles. The summed E-state index contributed by atoms with van der Waals surface area (Å²) in [5.41, 5.74) is -0.00230. The van der Waals surface area contributed by atoms with Crippen LogP contribution in [0.25, 0.3) is 11.0 Å². The van der Waals surface area contributed by atoms with Crippen LogP contribution in [0.4, 0.5) is 0 Å². The molecule has 0 aliphatic heterocycles. The highest BCUT2D eigenvalue weighted by molar-refractivity contribution is 5.96. The third-order valence-corrected chi connectivity index (χ3v) is 4.20. The highest BCUT2D eigenvalue weighted by Gasteiger charge is 2.12. The molecule has 0 spiro atoms. The van der Waals surface area contributed by atoms with Gasteiger partial charge in [0.05, 0.1) is 0 Å². The number of carbonyl (C=O) groups is 1. The zero-order chi connectivity index (χ0) is 17.2. The maximum Gasteiger partial charge on any atom is 0.349 e. The Morgan fingerprint density at radius 2 is 1.67 bits per heavy atom. The van der Waals surface area contributed by atoms with E-state index in [1.54, 1.807) is 18.2 Å². The summed E-state index contributed by atoms with van der Waals surface area (Å²) >= 11 is 0. The van der Waals surface area contributed by atoms with Crippen LogP contribution in [-0.2, 0) is 0 Å². The van der Waals surface area contributed by atoms with Crippen LogP contribution in [0.3, 0.4) is 0 Å². The fourth-order valence-electron chi connectivity index (χ4n) is 2.78. The lowest BCUT2D eigenvalue weighted by atomic mass is 10.1. The monoisotopic (exact) mass is 329 g/mol. The average molecular weight is 329 g/mol. The number of carbonyl (C=O) groups excluding carboxylic acids is 1. The Labute approximate surface area is 143 Å². The van der Waals surface area contributed by atoms with Crippen molar-refractivity contribution in [2.24, 2.45) is 0 Å². The molecule has 0 unspecified atom stereocenters. The zero-order valence-corrected chi connectivity index (χ0v) is 14.5. The van der Waals surface area contributed by atoms with E-state index in [9.17, 15) is 9.59 Å². The molecule has 24 heavy (non-hydrogen) atoms. The minimum Gasteiger partial charge on any atom is -0.422 e. The number of unbranched alkanes of at least 4 members (excludes halogenated alkanes) is 7. The maximum absolute atomic E-state index is 12.1. The molecule has 2 aromatic rings. The van der Waals surface area contributed by atoms with Gasteiger partial charge < -0.3 is 9.73 Å². The molecule has 1 aromatic carbocycles. The number of nitrogens with one attached hydrogen (secondary N) is 1. The van der Waals surface area contributed by atoms with Gasteiger partial charge in [-0.25, -0.2) is 4.79 Å². The molecular weight excluding hydrogens is 302 g/mol. The fraction of sp³-hybridized carbons (Fsp3) is 0.500. The lowest BCUT2D eigenvalue weighted by Gasteiger charge is -2.05. The largest absolute Gasteiger partial charge is 0.422 e. The average Bonchev–Trinajstić information content (AvgIpc) is 2.59. The van der Waals surface area contributed by atoms with Gasteiger partial charge in [-0.3, -0.25) is 4.79 Å². The molecule has 1 amide bonds. The van der Waals surface area contributed by atoms with Gasteiger partial charge in [-0.2, -0.15) is 0 Å². The van der Waals surface area contributed by atoms with Crippen molar-refractivity contribution in [3.63, 3.8) is 0 Å². The Morgan fingerprint density at radius 1 is 1.00 bits per heavy atom. The van der Waals surface area contributed by atoms with Gasteiger partial charge in [-0.15, -0.1) is 0 Å². The predicted molar refractivity (Wildman–Crippen MR) is 97.4 cm³/mol. The van der Waals surface area contributed by atoms with Gasteiger partial charge in [-0.1, -0.05) is 70.1 Å². The SMILES string of the molecule is CCCCCCCCCCNC(=O)c1cc2ccccc2oc1=O. The highest BCUT2D eigenvalue weighted by Crippen LogP contribution is 2.12. The number of hydrogen-bond donors (Lipinski definition) is 1. The molecule has 130 valence electrons. The topological polar surface area (TPSA) is 59.3 Å². The lowest BCUT2D eigenvalue weighted by Crippen LogP contribution is -2.29. The van der Waals surface area contributed by atoms with Crippen molar-refractivity contribution in [2.45, 2.75) is 58.3 Å². The van der Waals surface area contributed by atoms with E-state index in [1.165, 1.54) is 38.5 Å². The maximum atomic E-state index is 12.1. The Bertz CT molecular complexity index is 705. The van der Waals surface area contributed by atoms with Crippen molar-refractivity contribution in [1.29, 1.82) is 0 Å². The smallest absolute Gasteiger partial charge is 0.349 e. The second-order valence-electron chi connectivity index (χ2n) is 6.22. The van der Waals surface area contributed by atoms with Gasteiger partial charge in [0.2, 0.25) is 0 Å². The van der Waals surface area contributed by atoms with Crippen LogP contribution in [0.15, 0.2) is 39.5 Å². The molecular formula is C20H27NO3. The quantitative estimate of drug-likeness (QED) is 0.509. The number of rotatable bonds is 10. The second-order valence-corrected chi connectivity index (χ2v) is 6.22. The lowest BCUT2D eigenvalue weighted by molar-refractivity contribution is 0.0949. The van der Waals surface area contributed by atoms with Gasteiger partial charge >= 0.3 is 5.63 Å². The third-order valence-electron chi connectivity index (χ3n) is 4.20. The van der Waals surface area contributed by atoms with E-state index >= 15 is 0 Å². The van der Waals surface area contributed by atoms with Crippen LogP contribution >= 0.6 is 0 Å². The van der Waals surface area contributed by atoms with Gasteiger partial charge in [-0.05, 0) is 18.6 Å². The molecule has 4 heteroatoms. The summed E-state index contributed by atoms with van der Waals surface area (Å²) in [6.07, 6.45) is 9.75. The first-order valence-electron chi connectivity index (χ1n) is 9.03. The summed E-state index contributed by atoms with van der Waals surface area (Å²) in [4.78, 5) is 24.1. The number of hydrogen-bond acceptors (Lipinski definition) is 3. The molecule has 1 aromatic heterocycles. The number of para-hydroxylation sites is 1. The summed E-state index contributed by atoms with van der Waals surface area (Å²) in [5, 5.41) is 3.58. The molecule has 0 aliphatic rings. The van der Waals surface area contributed by atoms with Gasteiger partial charge in [0, 0.05) is 11.9 Å². The van der Waals surface area contributed by atoms with Crippen LogP contribution in [0.5, 0.6) is 0 Å².